The lowest BCUT2D eigenvalue weighted by Gasteiger charge is -2.31. The molecule has 0 unspecified atom stereocenters. The van der Waals surface area contributed by atoms with Gasteiger partial charge in [-0.1, -0.05) is 0 Å². The molecule has 3 aromatic rings. The number of benzene rings is 2. The molecule has 1 aliphatic heterocycles. The van der Waals surface area contributed by atoms with E-state index in [0.29, 0.717) is 40.2 Å². The number of nitrogens with two attached hydrogens (primary N) is 1. The Morgan fingerprint density at radius 3 is 2.38 bits per heavy atom. The van der Waals surface area contributed by atoms with E-state index in [1.165, 1.54) is 4.90 Å². The van der Waals surface area contributed by atoms with Crippen molar-refractivity contribution in [3.8, 4) is 23.8 Å². The maximum absolute atomic E-state index is 13.0. The summed E-state index contributed by atoms with van der Waals surface area (Å²) in [6, 6.07) is 14.4. The minimum atomic E-state index is -1.44. The molecule has 12 heteroatoms. The number of ether oxygens (including phenoxy) is 2. The van der Waals surface area contributed by atoms with Crippen LogP contribution in [0.4, 0.5) is 16.4 Å². The van der Waals surface area contributed by atoms with Gasteiger partial charge in [0, 0.05) is 18.7 Å². The highest BCUT2D eigenvalue weighted by Gasteiger charge is 2.32. The maximum atomic E-state index is 13.0. The van der Waals surface area contributed by atoms with Crippen molar-refractivity contribution in [3.05, 3.63) is 69.9 Å². The fourth-order valence-electron chi connectivity index (χ4n) is 4.25. The number of primary amides is 1. The summed E-state index contributed by atoms with van der Waals surface area (Å²) < 4.78 is 11.1. The Bertz CT molecular complexity index is 1490. The molecule has 0 spiro atoms. The highest BCUT2D eigenvalue weighted by molar-refractivity contribution is 5.83. The molecule has 0 saturated heterocycles. The summed E-state index contributed by atoms with van der Waals surface area (Å²) in [5.41, 5.74) is 9.33. The van der Waals surface area contributed by atoms with Gasteiger partial charge in [0.1, 0.15) is 5.75 Å². The number of nitriles is 2. The molecule has 4 N–H and O–H groups in total. The second kappa shape index (κ2) is 11.5. The molecule has 4 rings (SSSR count). The number of aliphatic hydroxyl groups excluding tert-OH is 1. The van der Waals surface area contributed by atoms with Crippen LogP contribution in [0, 0.1) is 36.5 Å². The van der Waals surface area contributed by atoms with Crippen LogP contribution < -0.4 is 15.8 Å². The number of amides is 2. The van der Waals surface area contributed by atoms with E-state index in [0.717, 1.165) is 11.1 Å². The first-order valence-electron chi connectivity index (χ1n) is 11.9. The standard InChI is InChI=1S/C27H25N7O5/c1-15-9-18(12-29)10-16(2)23(15)39-24-20-13-34(25(36)22(14-35)38-26(30)37)8-7-21(20)32-27(33-24)31-19-5-3-17(11-28)4-6-19/h3-6,9-10,22,35H,7-8,13-14H2,1-2H3,(H2,30,37)(H,31,32,33)/t22-/m1/s1. The van der Waals surface area contributed by atoms with Gasteiger partial charge in [-0.2, -0.15) is 15.5 Å². The van der Waals surface area contributed by atoms with Crippen LogP contribution in [0.2, 0.25) is 0 Å². The number of nitrogens with zero attached hydrogens (tertiary/aromatic N) is 5. The number of carbonyl (C=O) groups excluding carboxylic acids is 2. The van der Waals surface area contributed by atoms with E-state index in [9.17, 15) is 20.0 Å². The first kappa shape index (κ1) is 26.9. The van der Waals surface area contributed by atoms with Crippen LogP contribution in [0.5, 0.6) is 11.6 Å². The third kappa shape index (κ3) is 6.04. The number of carbonyl (C=O) groups is 2. The SMILES string of the molecule is Cc1cc(C#N)cc(C)c1Oc1nc(Nc2ccc(C#N)cc2)nc2c1CN(C(=O)[C@@H](CO)OC(N)=O)CC2. The molecule has 0 fully saturated rings. The Kier molecular flexibility index (Phi) is 7.89. The van der Waals surface area contributed by atoms with Crippen LogP contribution in [0.25, 0.3) is 0 Å². The van der Waals surface area contributed by atoms with Crippen LogP contribution in [-0.2, 0) is 22.5 Å². The molecule has 198 valence electrons. The lowest BCUT2D eigenvalue weighted by Crippen LogP contribution is -2.46. The van der Waals surface area contributed by atoms with Crippen molar-refractivity contribution in [2.45, 2.75) is 32.9 Å². The summed E-state index contributed by atoms with van der Waals surface area (Å²) >= 11 is 0. The minimum absolute atomic E-state index is 0.0354. The van der Waals surface area contributed by atoms with Gasteiger partial charge in [-0.15, -0.1) is 0 Å². The summed E-state index contributed by atoms with van der Waals surface area (Å²) in [4.78, 5) is 34.8. The lowest BCUT2D eigenvalue weighted by molar-refractivity contribution is -0.143. The Balaban J connectivity index is 1.72. The van der Waals surface area contributed by atoms with Crippen molar-refractivity contribution in [1.29, 1.82) is 10.5 Å². The van der Waals surface area contributed by atoms with Crippen LogP contribution in [0.15, 0.2) is 36.4 Å². The molecule has 12 nitrogen and oxygen atoms in total. The van der Waals surface area contributed by atoms with Gasteiger partial charge >= 0.3 is 6.09 Å². The molecule has 1 aliphatic rings. The summed E-state index contributed by atoms with van der Waals surface area (Å²) in [6.45, 7) is 3.19. The number of anilines is 2. The predicted octanol–water partition coefficient (Wildman–Crippen LogP) is 2.71. The smallest absolute Gasteiger partial charge is 0.405 e. The summed E-state index contributed by atoms with van der Waals surface area (Å²) in [6.07, 6.45) is -2.27. The molecule has 0 bridgehead atoms. The zero-order chi connectivity index (χ0) is 28.1. The Hall–Kier alpha value is -5.20. The van der Waals surface area contributed by atoms with Crippen molar-refractivity contribution < 1.29 is 24.2 Å². The number of rotatable bonds is 7. The number of nitrogens with one attached hydrogen (secondary N) is 1. The number of fused-ring (bicyclic) bond motifs is 1. The number of aryl methyl sites for hydroxylation is 2. The summed E-state index contributed by atoms with van der Waals surface area (Å²) in [5.74, 6) is 0.342. The third-order valence-electron chi connectivity index (χ3n) is 6.09. The third-order valence-corrected chi connectivity index (χ3v) is 6.09. The molecule has 2 aromatic carbocycles. The van der Waals surface area contributed by atoms with E-state index in [4.69, 9.17) is 20.5 Å². The van der Waals surface area contributed by atoms with E-state index in [1.807, 2.05) is 13.8 Å². The fraction of sp³-hybridized carbons (Fsp3) is 0.259. The van der Waals surface area contributed by atoms with Crippen molar-refractivity contribution in [2.24, 2.45) is 5.73 Å². The zero-order valence-electron chi connectivity index (χ0n) is 21.3. The zero-order valence-corrected chi connectivity index (χ0v) is 21.3. The average Bonchev–Trinajstić information content (AvgIpc) is 2.93. The van der Waals surface area contributed by atoms with E-state index in [-0.39, 0.29) is 24.9 Å². The molecular weight excluding hydrogens is 502 g/mol. The first-order valence-corrected chi connectivity index (χ1v) is 11.9. The van der Waals surface area contributed by atoms with Gasteiger partial charge in [-0.25, -0.2) is 9.78 Å². The molecule has 39 heavy (non-hydrogen) atoms. The van der Waals surface area contributed by atoms with Crippen LogP contribution >= 0.6 is 0 Å². The molecule has 2 amide bonds. The Morgan fingerprint density at radius 1 is 1.13 bits per heavy atom. The van der Waals surface area contributed by atoms with E-state index in [2.05, 4.69) is 27.4 Å². The van der Waals surface area contributed by atoms with Crippen molar-refractivity contribution in [2.75, 3.05) is 18.5 Å². The molecule has 1 atom stereocenters. The number of hydrogen-bond acceptors (Lipinski definition) is 10. The molecule has 0 radical (unpaired) electrons. The van der Waals surface area contributed by atoms with Gasteiger partial charge in [-0.05, 0) is 61.4 Å². The normalized spacial score (nSPS) is 12.9. The van der Waals surface area contributed by atoms with Gasteiger partial charge in [0.15, 0.2) is 0 Å². The largest absolute Gasteiger partial charge is 0.438 e. The van der Waals surface area contributed by atoms with Crippen molar-refractivity contribution in [1.82, 2.24) is 14.9 Å². The van der Waals surface area contributed by atoms with E-state index in [1.54, 1.807) is 36.4 Å². The van der Waals surface area contributed by atoms with E-state index < -0.39 is 24.7 Å². The van der Waals surface area contributed by atoms with Gasteiger partial charge in [0.2, 0.25) is 17.9 Å². The summed E-state index contributed by atoms with van der Waals surface area (Å²) in [5, 5.41) is 31.0. The second-order valence-corrected chi connectivity index (χ2v) is 8.86. The predicted molar refractivity (Wildman–Crippen MR) is 138 cm³/mol. The molecular formula is C27H25N7O5. The molecule has 0 aliphatic carbocycles. The van der Waals surface area contributed by atoms with Gasteiger partial charge in [0.25, 0.3) is 5.91 Å². The first-order chi connectivity index (χ1) is 18.7. The lowest BCUT2D eigenvalue weighted by atomic mass is 10.0. The number of hydrogen-bond donors (Lipinski definition) is 3. The monoisotopic (exact) mass is 527 g/mol. The number of aromatic nitrogens is 2. The maximum Gasteiger partial charge on any atom is 0.405 e. The van der Waals surface area contributed by atoms with Crippen LogP contribution in [0.3, 0.4) is 0 Å². The highest BCUT2D eigenvalue weighted by atomic mass is 16.6. The minimum Gasteiger partial charge on any atom is -0.438 e. The molecule has 2 heterocycles. The molecule has 0 saturated carbocycles. The second-order valence-electron chi connectivity index (χ2n) is 8.86. The van der Waals surface area contributed by atoms with Crippen molar-refractivity contribution in [3.63, 3.8) is 0 Å². The van der Waals surface area contributed by atoms with Crippen molar-refractivity contribution >= 4 is 23.6 Å². The van der Waals surface area contributed by atoms with Crippen LogP contribution in [-0.4, -0.2) is 51.2 Å². The Morgan fingerprint density at radius 2 is 1.79 bits per heavy atom. The number of aliphatic hydroxyl groups is 1. The quantitative estimate of drug-likeness (QED) is 0.412. The van der Waals surface area contributed by atoms with Crippen LogP contribution in [0.1, 0.15) is 33.5 Å². The summed E-state index contributed by atoms with van der Waals surface area (Å²) in [7, 11) is 0. The van der Waals surface area contributed by atoms with Gasteiger partial charge in [0.05, 0.1) is 47.7 Å². The van der Waals surface area contributed by atoms with E-state index >= 15 is 0 Å². The Labute approximate surface area is 224 Å². The fourth-order valence-corrected chi connectivity index (χ4v) is 4.25. The van der Waals surface area contributed by atoms with Gasteiger partial charge < -0.3 is 30.5 Å². The molecule has 1 aromatic heterocycles. The topological polar surface area (TPSA) is 187 Å². The average molecular weight is 528 g/mol. The highest BCUT2D eigenvalue weighted by Crippen LogP contribution is 2.35. The van der Waals surface area contributed by atoms with Gasteiger partial charge in [-0.3, -0.25) is 4.79 Å².